The molecule has 0 aliphatic rings. The van der Waals surface area contributed by atoms with E-state index in [9.17, 15) is 4.79 Å². The van der Waals surface area contributed by atoms with Gasteiger partial charge in [0.15, 0.2) is 5.58 Å². The van der Waals surface area contributed by atoms with Gasteiger partial charge in [-0.1, -0.05) is 24.3 Å². The second-order valence-electron chi connectivity index (χ2n) is 4.34. The molecular weight excluding hydrogens is 256 g/mol. The Labute approximate surface area is 114 Å². The average molecular weight is 268 g/mol. The van der Waals surface area contributed by atoms with Crippen LogP contribution >= 0.6 is 0 Å². The predicted molar refractivity (Wildman–Crippen MR) is 74.7 cm³/mol. The number of carboxylic acids is 1. The van der Waals surface area contributed by atoms with Gasteiger partial charge >= 0.3 is 5.97 Å². The normalized spacial score (nSPS) is 10.6. The lowest BCUT2D eigenvalue weighted by Gasteiger charge is -2.02. The fraction of sp³-hybridized carbons (Fsp3) is 0.0667. The van der Waals surface area contributed by atoms with Gasteiger partial charge in [0.2, 0.25) is 0 Å². The average Bonchev–Trinajstić information content (AvgIpc) is 2.88. The number of hydrogen-bond acceptors (Lipinski definition) is 4. The number of nitrogens with zero attached hydrogens (tertiary/aromatic N) is 1. The molecule has 5 nitrogen and oxygen atoms in total. The van der Waals surface area contributed by atoms with E-state index in [1.165, 1.54) is 0 Å². The second kappa shape index (κ2) is 5.05. The lowest BCUT2D eigenvalue weighted by molar-refractivity contribution is 0.0697. The molecule has 20 heavy (non-hydrogen) atoms. The third kappa shape index (κ3) is 2.47. The summed E-state index contributed by atoms with van der Waals surface area (Å²) in [5, 5.41) is 11.9. The van der Waals surface area contributed by atoms with Crippen LogP contribution in [0.3, 0.4) is 0 Å². The maximum Gasteiger partial charge on any atom is 0.335 e. The van der Waals surface area contributed by atoms with Crippen molar-refractivity contribution >= 4 is 23.1 Å². The summed E-state index contributed by atoms with van der Waals surface area (Å²) < 4.78 is 5.54. The minimum atomic E-state index is -0.927. The van der Waals surface area contributed by atoms with Crippen LogP contribution in [-0.4, -0.2) is 16.1 Å². The van der Waals surface area contributed by atoms with Crippen LogP contribution in [-0.2, 0) is 6.54 Å². The van der Waals surface area contributed by atoms with Gasteiger partial charge in [0.25, 0.3) is 6.01 Å². The Hall–Kier alpha value is -2.82. The summed E-state index contributed by atoms with van der Waals surface area (Å²) in [6.07, 6.45) is 0. The fourth-order valence-corrected chi connectivity index (χ4v) is 1.89. The van der Waals surface area contributed by atoms with Gasteiger partial charge in [-0.05, 0) is 29.8 Å². The first-order valence-electron chi connectivity index (χ1n) is 6.14. The first kappa shape index (κ1) is 12.2. The summed E-state index contributed by atoms with van der Waals surface area (Å²) >= 11 is 0. The van der Waals surface area contributed by atoms with E-state index in [1.54, 1.807) is 24.3 Å². The number of oxazole rings is 1. The third-order valence-corrected chi connectivity index (χ3v) is 2.94. The van der Waals surface area contributed by atoms with Gasteiger partial charge in [-0.3, -0.25) is 0 Å². The molecule has 0 saturated carbocycles. The molecule has 3 aromatic rings. The largest absolute Gasteiger partial charge is 0.478 e. The summed E-state index contributed by atoms with van der Waals surface area (Å²) in [5.41, 5.74) is 2.76. The SMILES string of the molecule is O=C(O)c1ccc(CNc2nc3ccccc3o2)cc1. The maximum absolute atomic E-state index is 10.8. The summed E-state index contributed by atoms with van der Waals surface area (Å²) in [4.78, 5) is 15.1. The molecule has 0 amide bonds. The van der Waals surface area contributed by atoms with Crippen molar-refractivity contribution in [3.05, 3.63) is 59.7 Å². The number of carboxylic acid groups (broad SMARTS) is 1. The Morgan fingerprint density at radius 3 is 2.60 bits per heavy atom. The number of nitrogens with one attached hydrogen (secondary N) is 1. The zero-order chi connectivity index (χ0) is 13.9. The van der Waals surface area contributed by atoms with E-state index < -0.39 is 5.97 Å². The van der Waals surface area contributed by atoms with Gasteiger partial charge in [0.1, 0.15) is 5.52 Å². The smallest absolute Gasteiger partial charge is 0.335 e. The molecule has 5 heteroatoms. The summed E-state index contributed by atoms with van der Waals surface area (Å²) in [7, 11) is 0. The van der Waals surface area contributed by atoms with Gasteiger partial charge < -0.3 is 14.8 Å². The highest BCUT2D eigenvalue weighted by Crippen LogP contribution is 2.18. The highest BCUT2D eigenvalue weighted by Gasteiger charge is 2.05. The van der Waals surface area contributed by atoms with Gasteiger partial charge in [0, 0.05) is 6.54 Å². The van der Waals surface area contributed by atoms with E-state index in [-0.39, 0.29) is 5.56 Å². The lowest BCUT2D eigenvalue weighted by atomic mass is 10.1. The van der Waals surface area contributed by atoms with Crippen LogP contribution in [0.4, 0.5) is 6.01 Å². The summed E-state index contributed by atoms with van der Waals surface area (Å²) in [6.45, 7) is 0.521. The van der Waals surface area contributed by atoms with Gasteiger partial charge in [-0.2, -0.15) is 4.98 Å². The van der Waals surface area contributed by atoms with E-state index in [2.05, 4.69) is 10.3 Å². The van der Waals surface area contributed by atoms with Crippen LogP contribution in [0.2, 0.25) is 0 Å². The molecule has 2 N–H and O–H groups in total. The van der Waals surface area contributed by atoms with Gasteiger partial charge in [0.05, 0.1) is 5.56 Å². The van der Waals surface area contributed by atoms with Crippen molar-refractivity contribution in [3.8, 4) is 0 Å². The molecule has 3 rings (SSSR count). The lowest BCUT2D eigenvalue weighted by Crippen LogP contribution is -2.01. The molecule has 100 valence electrons. The molecule has 0 unspecified atom stereocenters. The van der Waals surface area contributed by atoms with Gasteiger partial charge in [-0.15, -0.1) is 0 Å². The minimum absolute atomic E-state index is 0.274. The first-order chi connectivity index (χ1) is 9.72. The molecule has 0 atom stereocenters. The molecule has 0 aliphatic heterocycles. The number of benzene rings is 2. The Bertz CT molecular complexity index is 714. The van der Waals surface area contributed by atoms with Gasteiger partial charge in [-0.25, -0.2) is 4.79 Å². The van der Waals surface area contributed by atoms with Crippen LogP contribution in [0.25, 0.3) is 11.1 Å². The Balaban J connectivity index is 1.71. The molecule has 0 fully saturated rings. The molecule has 0 spiro atoms. The van der Waals surface area contributed by atoms with Crippen molar-refractivity contribution in [1.29, 1.82) is 0 Å². The first-order valence-corrected chi connectivity index (χ1v) is 6.14. The minimum Gasteiger partial charge on any atom is -0.478 e. The highest BCUT2D eigenvalue weighted by molar-refractivity contribution is 5.87. The van der Waals surface area contributed by atoms with Crippen LogP contribution in [0.15, 0.2) is 52.9 Å². The zero-order valence-corrected chi connectivity index (χ0v) is 10.5. The van der Waals surface area contributed by atoms with E-state index in [0.29, 0.717) is 12.6 Å². The topological polar surface area (TPSA) is 75.4 Å². The van der Waals surface area contributed by atoms with Crippen molar-refractivity contribution in [3.63, 3.8) is 0 Å². The molecule has 0 bridgehead atoms. The molecule has 0 saturated heterocycles. The molecule has 1 heterocycles. The molecule has 0 aliphatic carbocycles. The number of carbonyl (C=O) groups is 1. The zero-order valence-electron chi connectivity index (χ0n) is 10.5. The standard InChI is InChI=1S/C15H12N2O3/c18-14(19)11-7-5-10(6-8-11)9-16-15-17-12-3-1-2-4-13(12)20-15/h1-8H,9H2,(H,16,17)(H,18,19). The van der Waals surface area contributed by atoms with E-state index in [0.717, 1.165) is 16.7 Å². The van der Waals surface area contributed by atoms with Crippen molar-refractivity contribution in [2.45, 2.75) is 6.54 Å². The maximum atomic E-state index is 10.8. The molecule has 2 aromatic carbocycles. The third-order valence-electron chi connectivity index (χ3n) is 2.94. The monoisotopic (exact) mass is 268 g/mol. The van der Waals surface area contributed by atoms with Crippen LogP contribution in [0.1, 0.15) is 15.9 Å². The van der Waals surface area contributed by atoms with Crippen molar-refractivity contribution in [2.75, 3.05) is 5.32 Å². The Morgan fingerprint density at radius 2 is 1.90 bits per heavy atom. The number of aromatic nitrogens is 1. The van der Waals surface area contributed by atoms with E-state index in [1.807, 2.05) is 24.3 Å². The number of rotatable bonds is 4. The molecular formula is C15H12N2O3. The van der Waals surface area contributed by atoms with Crippen molar-refractivity contribution in [2.24, 2.45) is 0 Å². The summed E-state index contributed by atoms with van der Waals surface area (Å²) in [5.74, 6) is -0.927. The number of anilines is 1. The van der Waals surface area contributed by atoms with E-state index in [4.69, 9.17) is 9.52 Å². The number of hydrogen-bond donors (Lipinski definition) is 2. The van der Waals surface area contributed by atoms with Crippen LogP contribution in [0.5, 0.6) is 0 Å². The van der Waals surface area contributed by atoms with Crippen LogP contribution < -0.4 is 5.32 Å². The fourth-order valence-electron chi connectivity index (χ4n) is 1.89. The predicted octanol–water partition coefficient (Wildman–Crippen LogP) is 3.14. The van der Waals surface area contributed by atoms with Crippen molar-refractivity contribution < 1.29 is 14.3 Å². The highest BCUT2D eigenvalue weighted by atomic mass is 16.4. The quantitative estimate of drug-likeness (QED) is 0.760. The summed E-state index contributed by atoms with van der Waals surface area (Å²) in [6, 6.07) is 14.7. The Morgan fingerprint density at radius 1 is 1.15 bits per heavy atom. The number of fused-ring (bicyclic) bond motifs is 1. The van der Waals surface area contributed by atoms with Crippen molar-refractivity contribution in [1.82, 2.24) is 4.98 Å². The van der Waals surface area contributed by atoms with E-state index >= 15 is 0 Å². The molecule has 1 aromatic heterocycles. The number of para-hydroxylation sites is 2. The van der Waals surface area contributed by atoms with Crippen LogP contribution in [0, 0.1) is 0 Å². The Kier molecular flexibility index (Phi) is 3.09. The second-order valence-corrected chi connectivity index (χ2v) is 4.34. The molecule has 0 radical (unpaired) electrons. The number of aromatic carboxylic acids is 1.